The number of H-pyrrole nitrogens is 1. The van der Waals surface area contributed by atoms with Crippen LogP contribution in [0.3, 0.4) is 0 Å². The van der Waals surface area contributed by atoms with Crippen LogP contribution in [-0.2, 0) is 10.2 Å². The molecule has 0 unspecified atom stereocenters. The molecule has 1 aromatic heterocycles. The quantitative estimate of drug-likeness (QED) is 0.594. The summed E-state index contributed by atoms with van der Waals surface area (Å²) in [5, 5.41) is 5.67. The molecule has 5 heteroatoms. The molecule has 0 aliphatic carbocycles. The highest BCUT2D eigenvalue weighted by Crippen LogP contribution is 2.24. The third-order valence-electron chi connectivity index (χ3n) is 2.99. The van der Waals surface area contributed by atoms with Crippen molar-refractivity contribution in [1.29, 1.82) is 0 Å². The Morgan fingerprint density at radius 1 is 1.43 bits per heavy atom. The van der Waals surface area contributed by atoms with E-state index in [4.69, 9.17) is 6.42 Å². The van der Waals surface area contributed by atoms with Gasteiger partial charge in [-0.25, -0.2) is 4.98 Å². The molecule has 1 heterocycles. The summed E-state index contributed by atoms with van der Waals surface area (Å²) in [6.45, 7) is 6.88. The lowest BCUT2D eigenvalue weighted by molar-refractivity contribution is -0.115. The van der Waals surface area contributed by atoms with Gasteiger partial charge in [-0.3, -0.25) is 10.1 Å². The molecule has 110 valence electrons. The van der Waals surface area contributed by atoms with Gasteiger partial charge in [0.15, 0.2) is 0 Å². The number of terminal acetylenes is 1. The Bertz CT molecular complexity index is 688. The second kappa shape index (κ2) is 5.98. The summed E-state index contributed by atoms with van der Waals surface area (Å²) in [6.07, 6.45) is 5.11. The van der Waals surface area contributed by atoms with Gasteiger partial charge in [0.25, 0.3) is 0 Å². The minimum absolute atomic E-state index is 0.0401. The molecule has 0 spiro atoms. The number of fused-ring (bicyclic) bond motifs is 1. The molecule has 2 rings (SSSR count). The number of anilines is 1. The normalized spacial score (nSPS) is 11.3. The van der Waals surface area contributed by atoms with E-state index in [0.717, 1.165) is 22.5 Å². The number of imidazole rings is 1. The highest BCUT2D eigenvalue weighted by atomic mass is 16.1. The van der Waals surface area contributed by atoms with Crippen molar-refractivity contribution in [3.8, 4) is 12.3 Å². The van der Waals surface area contributed by atoms with Gasteiger partial charge in [-0.1, -0.05) is 26.7 Å². The zero-order chi connectivity index (χ0) is 15.5. The summed E-state index contributed by atoms with van der Waals surface area (Å²) in [7, 11) is 0. The smallest absolute Gasteiger partial charge is 0.238 e. The average molecular weight is 284 g/mol. The van der Waals surface area contributed by atoms with Crippen molar-refractivity contribution in [2.24, 2.45) is 0 Å². The Balaban J connectivity index is 2.12. The summed E-state index contributed by atoms with van der Waals surface area (Å²) < 4.78 is 0. The van der Waals surface area contributed by atoms with Gasteiger partial charge in [0.05, 0.1) is 24.1 Å². The number of aromatic amines is 1. The molecule has 3 N–H and O–H groups in total. The maximum atomic E-state index is 11.7. The summed E-state index contributed by atoms with van der Waals surface area (Å²) in [5.41, 5.74) is 2.50. The van der Waals surface area contributed by atoms with Crippen LogP contribution in [0.4, 0.5) is 5.69 Å². The van der Waals surface area contributed by atoms with E-state index in [-0.39, 0.29) is 17.9 Å². The standard InChI is InChI=1S/C16H20N4O/c1-5-8-17-10-14(21)18-11-6-7-12-13(9-11)20-15(19-12)16(2,3)4/h1,6-7,9,17H,8,10H2,2-4H3,(H,18,21)(H,19,20). The van der Waals surface area contributed by atoms with E-state index in [1.807, 2.05) is 18.2 Å². The van der Waals surface area contributed by atoms with E-state index >= 15 is 0 Å². The van der Waals surface area contributed by atoms with E-state index in [1.165, 1.54) is 0 Å². The Morgan fingerprint density at radius 3 is 2.86 bits per heavy atom. The van der Waals surface area contributed by atoms with Crippen LogP contribution in [0.15, 0.2) is 18.2 Å². The fourth-order valence-corrected chi connectivity index (χ4v) is 1.90. The monoisotopic (exact) mass is 284 g/mol. The molecule has 0 aliphatic rings. The van der Waals surface area contributed by atoms with Crippen LogP contribution in [0, 0.1) is 12.3 Å². The molecule has 2 aromatic rings. The molecular weight excluding hydrogens is 264 g/mol. The predicted octanol–water partition coefficient (Wildman–Crippen LogP) is 2.02. The summed E-state index contributed by atoms with van der Waals surface area (Å²) >= 11 is 0. The van der Waals surface area contributed by atoms with Gasteiger partial charge in [-0.15, -0.1) is 6.42 Å². The minimum Gasteiger partial charge on any atom is -0.341 e. The third-order valence-corrected chi connectivity index (χ3v) is 2.99. The van der Waals surface area contributed by atoms with Crippen LogP contribution < -0.4 is 10.6 Å². The lowest BCUT2D eigenvalue weighted by atomic mass is 9.96. The van der Waals surface area contributed by atoms with Gasteiger partial charge in [0.1, 0.15) is 5.82 Å². The van der Waals surface area contributed by atoms with Crippen LogP contribution in [0.2, 0.25) is 0 Å². The number of hydrogen-bond donors (Lipinski definition) is 3. The lowest BCUT2D eigenvalue weighted by Gasteiger charge is -2.13. The first-order chi connectivity index (χ1) is 9.90. The summed E-state index contributed by atoms with van der Waals surface area (Å²) in [4.78, 5) is 19.6. The number of hydrogen-bond acceptors (Lipinski definition) is 3. The summed E-state index contributed by atoms with van der Waals surface area (Å²) in [6, 6.07) is 5.62. The lowest BCUT2D eigenvalue weighted by Crippen LogP contribution is -2.28. The van der Waals surface area contributed by atoms with E-state index in [9.17, 15) is 4.79 Å². The van der Waals surface area contributed by atoms with Crippen LogP contribution in [0.1, 0.15) is 26.6 Å². The number of amides is 1. The number of nitrogens with zero attached hydrogens (tertiary/aromatic N) is 1. The van der Waals surface area contributed by atoms with Gasteiger partial charge < -0.3 is 10.3 Å². The number of rotatable bonds is 4. The number of aromatic nitrogens is 2. The second-order valence-corrected chi connectivity index (χ2v) is 5.92. The van der Waals surface area contributed by atoms with Crippen LogP contribution in [-0.4, -0.2) is 29.0 Å². The number of carbonyl (C=O) groups excluding carboxylic acids is 1. The first-order valence-electron chi connectivity index (χ1n) is 6.84. The van der Waals surface area contributed by atoms with Crippen LogP contribution in [0.25, 0.3) is 11.0 Å². The molecule has 0 saturated heterocycles. The number of carbonyl (C=O) groups is 1. The molecule has 0 fully saturated rings. The topological polar surface area (TPSA) is 69.8 Å². The molecular formula is C16H20N4O. The van der Waals surface area contributed by atoms with E-state index < -0.39 is 0 Å². The molecule has 0 bridgehead atoms. The minimum atomic E-state index is -0.125. The Morgan fingerprint density at radius 2 is 2.19 bits per heavy atom. The van der Waals surface area contributed by atoms with Crippen molar-refractivity contribution in [1.82, 2.24) is 15.3 Å². The van der Waals surface area contributed by atoms with Crippen molar-refractivity contribution in [2.75, 3.05) is 18.4 Å². The van der Waals surface area contributed by atoms with E-state index in [2.05, 4.69) is 47.3 Å². The van der Waals surface area contributed by atoms with Gasteiger partial charge in [-0.2, -0.15) is 0 Å². The fraction of sp³-hybridized carbons (Fsp3) is 0.375. The van der Waals surface area contributed by atoms with Gasteiger partial charge in [-0.05, 0) is 18.2 Å². The van der Waals surface area contributed by atoms with Crippen molar-refractivity contribution in [3.05, 3.63) is 24.0 Å². The molecule has 21 heavy (non-hydrogen) atoms. The molecule has 0 saturated carbocycles. The van der Waals surface area contributed by atoms with Gasteiger partial charge in [0, 0.05) is 11.1 Å². The maximum absolute atomic E-state index is 11.7. The first-order valence-corrected chi connectivity index (χ1v) is 6.84. The third kappa shape index (κ3) is 3.83. The average Bonchev–Trinajstić information content (AvgIpc) is 2.82. The zero-order valence-corrected chi connectivity index (χ0v) is 12.6. The molecule has 0 aliphatic heterocycles. The van der Waals surface area contributed by atoms with Crippen molar-refractivity contribution in [2.45, 2.75) is 26.2 Å². The summed E-state index contributed by atoms with van der Waals surface area (Å²) in [5.74, 6) is 3.23. The van der Waals surface area contributed by atoms with Gasteiger partial charge >= 0.3 is 0 Å². The Hall–Kier alpha value is -2.32. The molecule has 5 nitrogen and oxygen atoms in total. The highest BCUT2D eigenvalue weighted by molar-refractivity contribution is 5.94. The van der Waals surface area contributed by atoms with Crippen LogP contribution in [0.5, 0.6) is 0 Å². The SMILES string of the molecule is C#CCNCC(=O)Nc1ccc2nc(C(C)(C)C)[nH]c2c1. The molecule has 0 atom stereocenters. The van der Waals surface area contributed by atoms with Crippen molar-refractivity contribution < 1.29 is 4.79 Å². The van der Waals surface area contributed by atoms with Gasteiger partial charge in [0.2, 0.25) is 5.91 Å². The fourth-order valence-electron chi connectivity index (χ4n) is 1.90. The highest BCUT2D eigenvalue weighted by Gasteiger charge is 2.18. The second-order valence-electron chi connectivity index (χ2n) is 5.92. The Kier molecular flexibility index (Phi) is 4.29. The van der Waals surface area contributed by atoms with Crippen LogP contribution >= 0.6 is 0 Å². The maximum Gasteiger partial charge on any atom is 0.238 e. The largest absolute Gasteiger partial charge is 0.341 e. The first kappa shape index (κ1) is 15.1. The van der Waals surface area contributed by atoms with E-state index in [0.29, 0.717) is 6.54 Å². The predicted molar refractivity (Wildman–Crippen MR) is 85.1 cm³/mol. The molecule has 0 radical (unpaired) electrons. The van der Waals surface area contributed by atoms with Crippen molar-refractivity contribution >= 4 is 22.6 Å². The molecule has 1 aromatic carbocycles. The molecule has 1 amide bonds. The zero-order valence-electron chi connectivity index (χ0n) is 12.6. The van der Waals surface area contributed by atoms with Crippen molar-refractivity contribution in [3.63, 3.8) is 0 Å². The Labute approximate surface area is 124 Å². The number of nitrogens with one attached hydrogen (secondary N) is 3. The number of benzene rings is 1. The van der Waals surface area contributed by atoms with E-state index in [1.54, 1.807) is 0 Å².